The highest BCUT2D eigenvalue weighted by molar-refractivity contribution is 6.36. The van der Waals surface area contributed by atoms with Crippen molar-refractivity contribution in [3.05, 3.63) is 27.7 Å². The van der Waals surface area contributed by atoms with E-state index in [1.54, 1.807) is 6.07 Å². The minimum Gasteiger partial charge on any atom is -0.506 e. The number of hydrogen-bond acceptors (Lipinski definition) is 4. The molecule has 0 amide bonds. The van der Waals surface area contributed by atoms with Gasteiger partial charge in [-0.3, -0.25) is 4.90 Å². The van der Waals surface area contributed by atoms with Gasteiger partial charge < -0.3 is 15.1 Å². The lowest BCUT2D eigenvalue weighted by Gasteiger charge is -2.43. The van der Waals surface area contributed by atoms with Gasteiger partial charge in [0.1, 0.15) is 5.75 Å². The number of rotatable bonds is 5. The fraction of sp³-hybridized carbons (Fsp3) is 0.667. The zero-order chi connectivity index (χ0) is 17.2. The van der Waals surface area contributed by atoms with Crippen LogP contribution in [0.25, 0.3) is 0 Å². The molecular formula is C18H26Cl2N2O2. The highest BCUT2D eigenvalue weighted by Crippen LogP contribution is 2.37. The van der Waals surface area contributed by atoms with Crippen LogP contribution in [-0.4, -0.2) is 59.3 Å². The van der Waals surface area contributed by atoms with Crippen molar-refractivity contribution in [1.82, 2.24) is 9.80 Å². The molecule has 0 aromatic heterocycles. The van der Waals surface area contributed by atoms with Gasteiger partial charge in [-0.15, -0.1) is 0 Å². The van der Waals surface area contributed by atoms with E-state index in [0.717, 1.165) is 38.0 Å². The summed E-state index contributed by atoms with van der Waals surface area (Å²) in [4.78, 5) is 4.80. The number of phenols is 1. The number of piperidine rings is 1. The molecule has 0 aliphatic carbocycles. The molecule has 1 aromatic carbocycles. The van der Waals surface area contributed by atoms with Crippen LogP contribution in [0.3, 0.4) is 0 Å². The number of hydrogen-bond donors (Lipinski definition) is 2. The van der Waals surface area contributed by atoms with E-state index in [4.69, 9.17) is 23.2 Å². The van der Waals surface area contributed by atoms with Gasteiger partial charge in [-0.1, -0.05) is 23.2 Å². The van der Waals surface area contributed by atoms with E-state index >= 15 is 0 Å². The zero-order valence-corrected chi connectivity index (χ0v) is 15.5. The number of aromatic hydroxyl groups is 1. The van der Waals surface area contributed by atoms with Crippen LogP contribution in [0.4, 0.5) is 0 Å². The molecule has 0 unspecified atom stereocenters. The molecule has 2 heterocycles. The number of likely N-dealkylation sites (tertiary alicyclic amines) is 2. The maximum absolute atomic E-state index is 9.98. The van der Waals surface area contributed by atoms with Crippen molar-refractivity contribution >= 4 is 23.2 Å². The Morgan fingerprint density at radius 2 is 1.67 bits per heavy atom. The first-order valence-corrected chi connectivity index (χ1v) is 9.50. The van der Waals surface area contributed by atoms with E-state index < -0.39 is 0 Å². The van der Waals surface area contributed by atoms with Gasteiger partial charge in [-0.25, -0.2) is 0 Å². The van der Waals surface area contributed by atoms with Crippen molar-refractivity contribution in [2.45, 2.75) is 32.2 Å². The van der Waals surface area contributed by atoms with E-state index in [0.29, 0.717) is 16.6 Å². The summed E-state index contributed by atoms with van der Waals surface area (Å²) in [6.45, 7) is 6.06. The van der Waals surface area contributed by atoms with Crippen LogP contribution in [0.15, 0.2) is 12.1 Å². The Labute approximate surface area is 154 Å². The Morgan fingerprint density at radius 1 is 1.00 bits per heavy atom. The summed E-state index contributed by atoms with van der Waals surface area (Å²) in [7, 11) is 0. The number of halogens is 2. The van der Waals surface area contributed by atoms with Crippen LogP contribution in [0.5, 0.6) is 5.75 Å². The topological polar surface area (TPSA) is 46.9 Å². The Hall–Kier alpha value is -0.520. The lowest BCUT2D eigenvalue weighted by Crippen LogP contribution is -2.47. The van der Waals surface area contributed by atoms with Gasteiger partial charge in [0, 0.05) is 29.1 Å². The minimum absolute atomic E-state index is 0.0211. The molecule has 2 fully saturated rings. The van der Waals surface area contributed by atoms with E-state index in [-0.39, 0.29) is 17.8 Å². The first-order valence-electron chi connectivity index (χ1n) is 8.74. The van der Waals surface area contributed by atoms with E-state index in [2.05, 4.69) is 9.80 Å². The van der Waals surface area contributed by atoms with Gasteiger partial charge in [-0.2, -0.15) is 0 Å². The van der Waals surface area contributed by atoms with E-state index in [1.165, 1.54) is 32.0 Å². The molecule has 134 valence electrons. The molecule has 24 heavy (non-hydrogen) atoms. The molecule has 0 saturated carbocycles. The summed E-state index contributed by atoms with van der Waals surface area (Å²) in [6.07, 6.45) is 4.52. The minimum atomic E-state index is 0.0211. The molecule has 4 nitrogen and oxygen atoms in total. The molecule has 2 aliphatic rings. The summed E-state index contributed by atoms with van der Waals surface area (Å²) in [5.74, 6) is 0.0758. The molecular weight excluding hydrogens is 347 g/mol. The summed E-state index contributed by atoms with van der Waals surface area (Å²) in [5.41, 5.74) is 0.808. The smallest absolute Gasteiger partial charge is 0.134 e. The van der Waals surface area contributed by atoms with Crippen LogP contribution in [0.2, 0.25) is 10.0 Å². The van der Waals surface area contributed by atoms with Gasteiger partial charge in [0.15, 0.2) is 0 Å². The molecule has 0 radical (unpaired) electrons. The molecule has 0 spiro atoms. The van der Waals surface area contributed by atoms with Crippen molar-refractivity contribution in [3.8, 4) is 5.75 Å². The number of aliphatic hydroxyl groups is 1. The zero-order valence-electron chi connectivity index (χ0n) is 14.0. The third-order valence-electron chi connectivity index (χ3n) is 5.56. The van der Waals surface area contributed by atoms with Gasteiger partial charge >= 0.3 is 0 Å². The fourth-order valence-corrected chi connectivity index (χ4v) is 4.41. The van der Waals surface area contributed by atoms with Crippen LogP contribution in [0.1, 0.15) is 31.2 Å². The van der Waals surface area contributed by atoms with Crippen molar-refractivity contribution in [2.24, 2.45) is 5.41 Å². The normalized spacial score (nSPS) is 22.1. The highest BCUT2D eigenvalue weighted by atomic mass is 35.5. The van der Waals surface area contributed by atoms with Crippen LogP contribution in [-0.2, 0) is 6.54 Å². The first kappa shape index (κ1) is 18.3. The maximum atomic E-state index is 9.98. The lowest BCUT2D eigenvalue weighted by atomic mass is 9.78. The van der Waals surface area contributed by atoms with Gasteiger partial charge in [0.25, 0.3) is 0 Å². The standard InChI is InChI=1S/C18H26Cl2N2O2/c19-15-3-4-16(24)17(20)14(15)11-21-9-5-18(13-23,6-10-21)12-22-7-1-2-8-22/h3-4,23-24H,1-2,5-13H2. The Kier molecular flexibility index (Phi) is 5.94. The second-order valence-corrected chi connectivity index (χ2v) is 8.06. The van der Waals surface area contributed by atoms with Gasteiger partial charge in [-0.05, 0) is 64.0 Å². The summed E-state index contributed by atoms with van der Waals surface area (Å²) < 4.78 is 0. The number of aliphatic hydroxyl groups excluding tert-OH is 1. The Morgan fingerprint density at radius 3 is 2.29 bits per heavy atom. The molecule has 6 heteroatoms. The highest BCUT2D eigenvalue weighted by Gasteiger charge is 2.36. The number of benzene rings is 1. The Balaban J connectivity index is 1.61. The van der Waals surface area contributed by atoms with E-state index in [9.17, 15) is 10.2 Å². The SMILES string of the molecule is OCC1(CN2CCCC2)CCN(Cc2c(Cl)ccc(O)c2Cl)CC1. The average Bonchev–Trinajstić information content (AvgIpc) is 3.09. The second-order valence-electron chi connectivity index (χ2n) is 7.28. The van der Waals surface area contributed by atoms with E-state index in [1.807, 2.05) is 0 Å². The van der Waals surface area contributed by atoms with Crippen molar-refractivity contribution in [1.29, 1.82) is 0 Å². The second kappa shape index (κ2) is 7.79. The molecule has 3 rings (SSSR count). The summed E-state index contributed by atoms with van der Waals surface area (Å²) in [5, 5.41) is 20.7. The maximum Gasteiger partial charge on any atom is 0.134 e. The Bertz CT molecular complexity index is 568. The predicted molar refractivity (Wildman–Crippen MR) is 97.8 cm³/mol. The van der Waals surface area contributed by atoms with Crippen molar-refractivity contribution in [3.63, 3.8) is 0 Å². The van der Waals surface area contributed by atoms with Crippen molar-refractivity contribution in [2.75, 3.05) is 39.3 Å². The lowest BCUT2D eigenvalue weighted by molar-refractivity contribution is 0.0165. The van der Waals surface area contributed by atoms with Crippen LogP contribution < -0.4 is 0 Å². The molecule has 2 N–H and O–H groups in total. The largest absolute Gasteiger partial charge is 0.506 e. The molecule has 2 saturated heterocycles. The average molecular weight is 373 g/mol. The number of phenolic OH excluding ortho intramolecular Hbond substituents is 1. The monoisotopic (exact) mass is 372 g/mol. The van der Waals surface area contributed by atoms with Crippen molar-refractivity contribution < 1.29 is 10.2 Å². The number of nitrogens with zero attached hydrogens (tertiary/aromatic N) is 2. The first-order chi connectivity index (χ1) is 11.5. The van der Waals surface area contributed by atoms with Crippen LogP contribution >= 0.6 is 23.2 Å². The third kappa shape index (κ3) is 4.00. The summed E-state index contributed by atoms with van der Waals surface area (Å²) in [6, 6.07) is 3.21. The van der Waals surface area contributed by atoms with Gasteiger partial charge in [0.2, 0.25) is 0 Å². The molecule has 2 aliphatic heterocycles. The molecule has 0 atom stereocenters. The quantitative estimate of drug-likeness (QED) is 0.831. The fourth-order valence-electron chi connectivity index (χ4n) is 3.92. The predicted octanol–water partition coefficient (Wildman–Crippen LogP) is 3.37. The van der Waals surface area contributed by atoms with Crippen LogP contribution in [0, 0.1) is 5.41 Å². The van der Waals surface area contributed by atoms with Gasteiger partial charge in [0.05, 0.1) is 11.6 Å². The molecule has 0 bridgehead atoms. The molecule has 1 aromatic rings. The summed E-state index contributed by atoms with van der Waals surface area (Å²) >= 11 is 12.5. The third-order valence-corrected chi connectivity index (χ3v) is 6.33.